The van der Waals surface area contributed by atoms with Crippen molar-refractivity contribution < 1.29 is 9.59 Å². The van der Waals surface area contributed by atoms with Crippen LogP contribution in [0.5, 0.6) is 0 Å². The summed E-state index contributed by atoms with van der Waals surface area (Å²) in [5.74, 6) is -0.399. The third kappa shape index (κ3) is 3.71. The van der Waals surface area contributed by atoms with E-state index in [1.54, 1.807) is 17.2 Å². The molecule has 6 nitrogen and oxygen atoms in total. The molecule has 0 spiro atoms. The maximum Gasteiger partial charge on any atom is 0.270 e. The van der Waals surface area contributed by atoms with Crippen molar-refractivity contribution in [2.24, 2.45) is 5.73 Å². The molecule has 0 bridgehead atoms. The van der Waals surface area contributed by atoms with Gasteiger partial charge in [0.15, 0.2) is 0 Å². The van der Waals surface area contributed by atoms with E-state index in [-0.39, 0.29) is 18.4 Å². The van der Waals surface area contributed by atoms with Gasteiger partial charge in [-0.3, -0.25) is 14.5 Å². The lowest BCUT2D eigenvalue weighted by Crippen LogP contribution is -2.38. The molecule has 0 atom stereocenters. The van der Waals surface area contributed by atoms with Gasteiger partial charge in [0, 0.05) is 32.4 Å². The van der Waals surface area contributed by atoms with Crippen LogP contribution in [-0.4, -0.2) is 59.3 Å². The molecule has 1 aromatic rings. The Morgan fingerprint density at radius 1 is 1.32 bits per heavy atom. The molecule has 104 valence electrons. The normalized spacial score (nSPS) is 17.2. The summed E-state index contributed by atoms with van der Waals surface area (Å²) in [6, 6.07) is 1.62. The van der Waals surface area contributed by atoms with Crippen molar-refractivity contribution in [1.29, 1.82) is 0 Å². The third-order valence-electron chi connectivity index (χ3n) is 3.13. The second kappa shape index (κ2) is 6.08. The predicted molar refractivity (Wildman–Crippen MR) is 72.0 cm³/mol. The molecule has 0 saturated carbocycles. The lowest BCUT2D eigenvalue weighted by molar-refractivity contribution is -0.119. The van der Waals surface area contributed by atoms with Gasteiger partial charge in [-0.05, 0) is 12.5 Å². The highest BCUT2D eigenvalue weighted by Gasteiger charge is 2.21. The maximum absolute atomic E-state index is 12.2. The predicted octanol–water partition coefficient (Wildman–Crippen LogP) is 0.301. The minimum absolute atomic E-state index is 0.0622. The summed E-state index contributed by atoms with van der Waals surface area (Å²) in [5, 5.41) is 0.522. The number of rotatable bonds is 3. The highest BCUT2D eigenvalue weighted by Crippen LogP contribution is 2.13. The van der Waals surface area contributed by atoms with Crippen LogP contribution in [0.2, 0.25) is 5.02 Å². The zero-order valence-electron chi connectivity index (χ0n) is 10.6. The summed E-state index contributed by atoms with van der Waals surface area (Å²) in [4.78, 5) is 29.7. The number of carbonyl (C=O) groups is 2. The molecule has 2 rings (SSSR count). The van der Waals surface area contributed by atoms with Crippen LogP contribution in [0.4, 0.5) is 0 Å². The van der Waals surface area contributed by atoms with E-state index < -0.39 is 0 Å². The Kier molecular flexibility index (Phi) is 4.44. The molecule has 2 heterocycles. The van der Waals surface area contributed by atoms with Crippen molar-refractivity contribution in [2.75, 3.05) is 32.7 Å². The first-order valence-corrected chi connectivity index (χ1v) is 6.58. The molecule has 1 aliphatic rings. The monoisotopic (exact) mass is 284 g/mol. The van der Waals surface area contributed by atoms with E-state index >= 15 is 0 Å². The first-order chi connectivity index (χ1) is 9.06. The number of carbonyl (C=O) groups excluding carboxylic acids is 2. The number of nitrogens with one attached hydrogen (secondary N) is 1. The topological polar surface area (TPSA) is 82.4 Å². The number of aromatic nitrogens is 1. The number of amides is 2. The molecule has 0 radical (unpaired) electrons. The zero-order valence-corrected chi connectivity index (χ0v) is 11.3. The lowest BCUT2D eigenvalue weighted by Gasteiger charge is -2.20. The van der Waals surface area contributed by atoms with Crippen molar-refractivity contribution in [3.8, 4) is 0 Å². The van der Waals surface area contributed by atoms with Gasteiger partial charge in [-0.2, -0.15) is 0 Å². The third-order valence-corrected chi connectivity index (χ3v) is 3.35. The summed E-state index contributed by atoms with van der Waals surface area (Å²) in [6.45, 7) is 2.94. The first-order valence-electron chi connectivity index (χ1n) is 6.20. The largest absolute Gasteiger partial charge is 0.369 e. The van der Waals surface area contributed by atoms with Crippen LogP contribution in [0, 0.1) is 0 Å². The van der Waals surface area contributed by atoms with Gasteiger partial charge >= 0.3 is 0 Å². The number of aromatic amines is 1. The van der Waals surface area contributed by atoms with Gasteiger partial charge in [0.25, 0.3) is 5.91 Å². The first kappa shape index (κ1) is 13.9. The summed E-state index contributed by atoms with van der Waals surface area (Å²) in [7, 11) is 0. The number of primary amides is 1. The van der Waals surface area contributed by atoms with Gasteiger partial charge in [0.2, 0.25) is 5.91 Å². The van der Waals surface area contributed by atoms with E-state index in [2.05, 4.69) is 4.98 Å². The molecule has 0 aromatic carbocycles. The molecule has 0 unspecified atom stereocenters. The van der Waals surface area contributed by atoms with Crippen molar-refractivity contribution in [3.63, 3.8) is 0 Å². The van der Waals surface area contributed by atoms with E-state index in [9.17, 15) is 9.59 Å². The SMILES string of the molecule is NC(=O)CN1CCCN(C(=O)c2cc(Cl)c[nH]2)CC1. The fourth-order valence-corrected chi connectivity index (χ4v) is 2.38. The average molecular weight is 285 g/mol. The van der Waals surface area contributed by atoms with Gasteiger partial charge in [-0.25, -0.2) is 0 Å². The number of hydrogen-bond donors (Lipinski definition) is 2. The molecule has 1 aliphatic heterocycles. The molecule has 1 saturated heterocycles. The fourth-order valence-electron chi connectivity index (χ4n) is 2.21. The smallest absolute Gasteiger partial charge is 0.270 e. The molecular formula is C12H17ClN4O2. The Labute approximate surface area is 116 Å². The van der Waals surface area contributed by atoms with Crippen molar-refractivity contribution in [2.45, 2.75) is 6.42 Å². The standard InChI is InChI=1S/C12H17ClN4O2/c13-9-6-10(15-7-9)12(19)17-3-1-2-16(4-5-17)8-11(14)18/h6-7,15H,1-5,8H2,(H2,14,18). The lowest BCUT2D eigenvalue weighted by atomic mass is 10.3. The number of H-pyrrole nitrogens is 1. The van der Waals surface area contributed by atoms with Gasteiger partial charge in [-0.1, -0.05) is 11.6 Å². The van der Waals surface area contributed by atoms with Crippen molar-refractivity contribution >= 4 is 23.4 Å². The Balaban J connectivity index is 1.95. The van der Waals surface area contributed by atoms with Gasteiger partial charge in [0.1, 0.15) is 5.69 Å². The summed E-state index contributed by atoms with van der Waals surface area (Å²) in [5.41, 5.74) is 5.68. The molecule has 7 heteroatoms. The van der Waals surface area contributed by atoms with E-state index in [0.717, 1.165) is 13.0 Å². The van der Waals surface area contributed by atoms with E-state index in [0.29, 0.717) is 30.4 Å². The Hall–Kier alpha value is -1.53. The minimum atomic E-state index is -0.337. The summed E-state index contributed by atoms with van der Waals surface area (Å²) >= 11 is 5.79. The Morgan fingerprint density at radius 2 is 2.11 bits per heavy atom. The zero-order chi connectivity index (χ0) is 13.8. The van der Waals surface area contributed by atoms with Gasteiger partial charge in [0.05, 0.1) is 11.6 Å². The van der Waals surface area contributed by atoms with Crippen LogP contribution in [0.15, 0.2) is 12.3 Å². The van der Waals surface area contributed by atoms with Gasteiger partial charge in [-0.15, -0.1) is 0 Å². The van der Waals surface area contributed by atoms with Crippen molar-refractivity contribution in [1.82, 2.24) is 14.8 Å². The van der Waals surface area contributed by atoms with Crippen LogP contribution in [-0.2, 0) is 4.79 Å². The molecule has 2 amide bonds. The molecular weight excluding hydrogens is 268 g/mol. The second-order valence-electron chi connectivity index (χ2n) is 4.62. The highest BCUT2D eigenvalue weighted by molar-refractivity contribution is 6.30. The average Bonchev–Trinajstić information content (AvgIpc) is 2.65. The maximum atomic E-state index is 12.2. The Morgan fingerprint density at radius 3 is 2.74 bits per heavy atom. The number of hydrogen-bond acceptors (Lipinski definition) is 3. The number of halogens is 1. The fraction of sp³-hybridized carbons (Fsp3) is 0.500. The van der Waals surface area contributed by atoms with Crippen LogP contribution in [0.25, 0.3) is 0 Å². The van der Waals surface area contributed by atoms with Crippen LogP contribution in [0.1, 0.15) is 16.9 Å². The second-order valence-corrected chi connectivity index (χ2v) is 5.06. The van der Waals surface area contributed by atoms with Crippen LogP contribution in [0.3, 0.4) is 0 Å². The highest BCUT2D eigenvalue weighted by atomic mass is 35.5. The summed E-state index contributed by atoms with van der Waals surface area (Å²) in [6.07, 6.45) is 2.42. The van der Waals surface area contributed by atoms with E-state index in [4.69, 9.17) is 17.3 Å². The quantitative estimate of drug-likeness (QED) is 0.837. The summed E-state index contributed by atoms with van der Waals surface area (Å²) < 4.78 is 0. The molecule has 19 heavy (non-hydrogen) atoms. The molecule has 0 aliphatic carbocycles. The minimum Gasteiger partial charge on any atom is -0.369 e. The van der Waals surface area contributed by atoms with E-state index in [1.165, 1.54) is 0 Å². The Bertz CT molecular complexity index is 474. The molecule has 1 aromatic heterocycles. The van der Waals surface area contributed by atoms with E-state index in [1.807, 2.05) is 4.90 Å². The molecule has 1 fully saturated rings. The number of nitrogens with zero attached hydrogens (tertiary/aromatic N) is 2. The van der Waals surface area contributed by atoms with Crippen molar-refractivity contribution in [3.05, 3.63) is 23.0 Å². The van der Waals surface area contributed by atoms with Crippen LogP contribution >= 0.6 is 11.6 Å². The van der Waals surface area contributed by atoms with Gasteiger partial charge < -0.3 is 15.6 Å². The van der Waals surface area contributed by atoms with Crippen LogP contribution < -0.4 is 5.73 Å². The molecule has 3 N–H and O–H groups in total. The number of nitrogens with two attached hydrogens (primary N) is 1.